The van der Waals surface area contributed by atoms with Gasteiger partial charge >= 0.3 is 0 Å². The number of rotatable bonds is 2. The van der Waals surface area contributed by atoms with E-state index >= 15 is 0 Å². The molecule has 0 bridgehead atoms. The van der Waals surface area contributed by atoms with Crippen LogP contribution in [0.5, 0.6) is 11.5 Å². The summed E-state index contributed by atoms with van der Waals surface area (Å²) in [6.45, 7) is 8.42. The van der Waals surface area contributed by atoms with Crippen molar-refractivity contribution < 1.29 is 14.6 Å². The lowest BCUT2D eigenvalue weighted by atomic mass is 9.79. The van der Waals surface area contributed by atoms with Crippen LogP contribution in [0, 0.1) is 0 Å². The van der Waals surface area contributed by atoms with E-state index in [9.17, 15) is 5.11 Å². The molecule has 0 amide bonds. The van der Waals surface area contributed by atoms with Crippen molar-refractivity contribution in [2.45, 2.75) is 58.2 Å². The Kier molecular flexibility index (Phi) is 2.79. The molecular weight excluding hydrogens is 240 g/mol. The van der Waals surface area contributed by atoms with Crippen LogP contribution in [0.3, 0.4) is 0 Å². The van der Waals surface area contributed by atoms with E-state index in [0.29, 0.717) is 0 Å². The fourth-order valence-electron chi connectivity index (χ4n) is 3.22. The Hall–Kier alpha value is -1.22. The molecule has 1 N–H and O–H groups in total. The number of aliphatic hydroxyl groups is 1. The van der Waals surface area contributed by atoms with Crippen LogP contribution in [-0.2, 0) is 18.3 Å². The molecule has 1 aromatic carbocycles. The van der Waals surface area contributed by atoms with Gasteiger partial charge in [-0.15, -0.1) is 0 Å². The van der Waals surface area contributed by atoms with Crippen molar-refractivity contribution in [3.05, 3.63) is 22.8 Å². The van der Waals surface area contributed by atoms with Crippen molar-refractivity contribution in [2.24, 2.45) is 0 Å². The van der Waals surface area contributed by atoms with E-state index in [1.54, 1.807) is 0 Å². The third kappa shape index (κ3) is 1.91. The van der Waals surface area contributed by atoms with Crippen molar-refractivity contribution in [2.75, 3.05) is 6.61 Å². The Morgan fingerprint density at radius 1 is 1.21 bits per heavy atom. The predicted molar refractivity (Wildman–Crippen MR) is 74.1 cm³/mol. The molecule has 0 fully saturated rings. The third-order valence-electron chi connectivity index (χ3n) is 4.14. The first kappa shape index (κ1) is 12.8. The lowest BCUT2D eigenvalue weighted by molar-refractivity contribution is 0.206. The summed E-state index contributed by atoms with van der Waals surface area (Å²) < 4.78 is 11.9. The van der Waals surface area contributed by atoms with E-state index in [4.69, 9.17) is 9.47 Å². The van der Waals surface area contributed by atoms with Gasteiger partial charge in [-0.2, -0.15) is 0 Å². The molecule has 0 aliphatic carbocycles. The summed E-state index contributed by atoms with van der Waals surface area (Å²) in [5.41, 5.74) is 3.29. The van der Waals surface area contributed by atoms with Gasteiger partial charge in [0, 0.05) is 34.9 Å². The minimum absolute atomic E-state index is 0.113. The van der Waals surface area contributed by atoms with Crippen molar-refractivity contribution in [3.63, 3.8) is 0 Å². The Bertz CT molecular complexity index is 483. The maximum atomic E-state index is 9.75. The first-order chi connectivity index (χ1) is 8.92. The zero-order valence-corrected chi connectivity index (χ0v) is 12.1. The summed E-state index contributed by atoms with van der Waals surface area (Å²) in [4.78, 5) is 0. The van der Waals surface area contributed by atoms with Crippen LogP contribution in [0.1, 0.15) is 44.4 Å². The normalized spacial score (nSPS) is 24.7. The molecule has 2 aliphatic rings. The zero-order chi connectivity index (χ0) is 13.8. The first-order valence-corrected chi connectivity index (χ1v) is 7.06. The molecule has 2 aliphatic heterocycles. The van der Waals surface area contributed by atoms with Crippen LogP contribution in [0.25, 0.3) is 0 Å². The lowest BCUT2D eigenvalue weighted by Gasteiger charge is -2.27. The monoisotopic (exact) mass is 262 g/mol. The van der Waals surface area contributed by atoms with Crippen LogP contribution in [0.15, 0.2) is 6.07 Å². The predicted octanol–water partition coefficient (Wildman–Crippen LogP) is 2.60. The summed E-state index contributed by atoms with van der Waals surface area (Å²) in [5, 5.41) is 9.75. The van der Waals surface area contributed by atoms with E-state index in [0.717, 1.165) is 29.9 Å². The van der Waals surface area contributed by atoms with E-state index in [2.05, 4.69) is 33.8 Å². The quantitative estimate of drug-likeness (QED) is 0.890. The van der Waals surface area contributed by atoms with Gasteiger partial charge in [0.2, 0.25) is 0 Å². The molecule has 104 valence electrons. The van der Waals surface area contributed by atoms with Gasteiger partial charge in [0.05, 0.1) is 6.61 Å². The van der Waals surface area contributed by atoms with Crippen LogP contribution < -0.4 is 9.47 Å². The molecular formula is C16H22O3. The van der Waals surface area contributed by atoms with Gasteiger partial charge in [-0.25, -0.2) is 0 Å². The highest BCUT2D eigenvalue weighted by atomic mass is 16.5. The molecule has 1 aromatic rings. The maximum absolute atomic E-state index is 9.75. The van der Waals surface area contributed by atoms with E-state index in [1.807, 2.05) is 0 Å². The minimum atomic E-state index is -0.299. The summed E-state index contributed by atoms with van der Waals surface area (Å²) in [6.07, 6.45) is 2.25. The molecule has 0 saturated carbocycles. The number of ether oxygens (including phenoxy) is 2. The minimum Gasteiger partial charge on any atom is -0.490 e. The van der Waals surface area contributed by atoms with Gasteiger partial charge in [0.15, 0.2) is 0 Å². The zero-order valence-electron chi connectivity index (χ0n) is 12.1. The van der Waals surface area contributed by atoms with Gasteiger partial charge in [0.1, 0.15) is 23.7 Å². The van der Waals surface area contributed by atoms with Crippen molar-refractivity contribution in [1.82, 2.24) is 0 Å². The van der Waals surface area contributed by atoms with E-state index < -0.39 is 0 Å². The number of hydrogen-bond donors (Lipinski definition) is 1. The molecule has 0 spiro atoms. The molecule has 3 heteroatoms. The number of benzene rings is 1. The van der Waals surface area contributed by atoms with Crippen molar-refractivity contribution in [3.8, 4) is 11.5 Å². The smallest absolute Gasteiger partial charge is 0.127 e. The van der Waals surface area contributed by atoms with Crippen LogP contribution >= 0.6 is 0 Å². The van der Waals surface area contributed by atoms with Gasteiger partial charge in [0.25, 0.3) is 0 Å². The third-order valence-corrected chi connectivity index (χ3v) is 4.14. The Morgan fingerprint density at radius 3 is 2.58 bits per heavy atom. The molecule has 2 unspecified atom stereocenters. The summed E-state index contributed by atoms with van der Waals surface area (Å²) in [7, 11) is 0. The van der Waals surface area contributed by atoms with Gasteiger partial charge < -0.3 is 14.6 Å². The van der Waals surface area contributed by atoms with Gasteiger partial charge in [-0.05, 0) is 19.9 Å². The second-order valence-corrected chi connectivity index (χ2v) is 6.52. The summed E-state index contributed by atoms with van der Waals surface area (Å²) in [5.74, 6) is 1.98. The molecule has 2 atom stereocenters. The van der Waals surface area contributed by atoms with Crippen molar-refractivity contribution in [1.29, 1.82) is 0 Å². The molecule has 0 aromatic heterocycles. The van der Waals surface area contributed by atoms with Crippen molar-refractivity contribution >= 4 is 0 Å². The standard InChI is InChI=1S/C16H22O3/c1-9-5-11-7-13-12(6-10(2)18-13)14(15(11)19-9)16(3,4)8-17/h7,9-10,17H,5-6,8H2,1-4H3. The fourth-order valence-corrected chi connectivity index (χ4v) is 3.22. The highest BCUT2D eigenvalue weighted by Crippen LogP contribution is 2.47. The molecule has 3 nitrogen and oxygen atoms in total. The number of fused-ring (bicyclic) bond motifs is 2. The van der Waals surface area contributed by atoms with Gasteiger partial charge in [-0.1, -0.05) is 13.8 Å². The molecule has 0 saturated heterocycles. The SMILES string of the molecule is CC1Cc2c(cc3c(c2C(C)(C)CO)OC(C)C3)O1. The number of hydrogen-bond acceptors (Lipinski definition) is 3. The largest absolute Gasteiger partial charge is 0.490 e. The maximum Gasteiger partial charge on any atom is 0.127 e. The Labute approximate surface area is 114 Å². The first-order valence-electron chi connectivity index (χ1n) is 7.06. The lowest BCUT2D eigenvalue weighted by Crippen LogP contribution is -2.25. The second-order valence-electron chi connectivity index (χ2n) is 6.52. The van der Waals surface area contributed by atoms with Crippen LogP contribution in [0.4, 0.5) is 0 Å². The second kappa shape index (κ2) is 4.14. The van der Waals surface area contributed by atoms with Crippen LogP contribution in [-0.4, -0.2) is 23.9 Å². The average Bonchev–Trinajstić information content (AvgIpc) is 2.85. The van der Waals surface area contributed by atoms with Gasteiger partial charge in [-0.3, -0.25) is 0 Å². The highest BCUT2D eigenvalue weighted by molar-refractivity contribution is 5.59. The van der Waals surface area contributed by atoms with E-state index in [1.165, 1.54) is 11.1 Å². The summed E-state index contributed by atoms with van der Waals surface area (Å²) in [6, 6.07) is 2.13. The van der Waals surface area contributed by atoms with Crippen LogP contribution in [0.2, 0.25) is 0 Å². The molecule has 2 heterocycles. The Balaban J connectivity index is 2.21. The van der Waals surface area contributed by atoms with E-state index in [-0.39, 0.29) is 24.2 Å². The number of aliphatic hydroxyl groups excluding tert-OH is 1. The average molecular weight is 262 g/mol. The summed E-state index contributed by atoms with van der Waals surface area (Å²) >= 11 is 0. The topological polar surface area (TPSA) is 38.7 Å². The molecule has 0 radical (unpaired) electrons. The Morgan fingerprint density at radius 2 is 1.89 bits per heavy atom. The fraction of sp³-hybridized carbons (Fsp3) is 0.625. The molecule has 3 rings (SSSR count). The highest BCUT2D eigenvalue weighted by Gasteiger charge is 2.37. The molecule has 19 heavy (non-hydrogen) atoms.